The van der Waals surface area contributed by atoms with Gasteiger partial charge in [0.1, 0.15) is 18.6 Å². The minimum absolute atomic E-state index is 0.0741. The zero-order valence-electron chi connectivity index (χ0n) is 4.89. The molecule has 3 heteroatoms. The molecule has 0 unspecified atom stereocenters. The standard InChI is InChI=1S/C6H8F2O/c7-5-1-4(3-9)2-6(5)8/h3-6H,1-2H2/t4-,5-,6+. The third-order valence-corrected chi connectivity index (χ3v) is 1.64. The number of hydrogen-bond donors (Lipinski definition) is 0. The highest BCUT2D eigenvalue weighted by atomic mass is 19.2. The first-order valence-electron chi connectivity index (χ1n) is 2.97. The summed E-state index contributed by atoms with van der Waals surface area (Å²) in [6.07, 6.45) is -2.03. The second-order valence-corrected chi connectivity index (χ2v) is 2.40. The molecular weight excluding hydrogens is 126 g/mol. The lowest BCUT2D eigenvalue weighted by Gasteiger charge is -1.96. The predicted molar refractivity (Wildman–Crippen MR) is 28.6 cm³/mol. The number of alkyl halides is 2. The normalized spacial score (nSPS) is 43.1. The van der Waals surface area contributed by atoms with Gasteiger partial charge in [0.05, 0.1) is 0 Å². The SMILES string of the molecule is O=C[C@@H]1C[C@@H](F)[C@@H](F)C1. The number of rotatable bonds is 1. The Hall–Kier alpha value is -0.470. The van der Waals surface area contributed by atoms with Crippen molar-refractivity contribution < 1.29 is 13.6 Å². The van der Waals surface area contributed by atoms with Crippen molar-refractivity contribution in [1.82, 2.24) is 0 Å². The second kappa shape index (κ2) is 2.42. The van der Waals surface area contributed by atoms with Crippen LogP contribution in [0.25, 0.3) is 0 Å². The van der Waals surface area contributed by atoms with Crippen LogP contribution in [0.5, 0.6) is 0 Å². The quantitative estimate of drug-likeness (QED) is 0.493. The van der Waals surface area contributed by atoms with Crippen molar-refractivity contribution in [1.29, 1.82) is 0 Å². The third kappa shape index (κ3) is 1.26. The molecule has 52 valence electrons. The molecular formula is C6H8F2O. The fraction of sp³-hybridized carbons (Fsp3) is 0.833. The van der Waals surface area contributed by atoms with Gasteiger partial charge in [-0.2, -0.15) is 0 Å². The molecule has 1 fully saturated rings. The lowest BCUT2D eigenvalue weighted by Crippen LogP contribution is -2.06. The highest BCUT2D eigenvalue weighted by Gasteiger charge is 2.33. The first-order valence-corrected chi connectivity index (χ1v) is 2.97. The second-order valence-electron chi connectivity index (χ2n) is 2.40. The van der Waals surface area contributed by atoms with Crippen LogP contribution in [-0.2, 0) is 4.79 Å². The van der Waals surface area contributed by atoms with Gasteiger partial charge in [-0.15, -0.1) is 0 Å². The van der Waals surface area contributed by atoms with Crippen LogP contribution in [0.2, 0.25) is 0 Å². The molecule has 0 radical (unpaired) electrons. The maximum absolute atomic E-state index is 12.2. The Bertz CT molecular complexity index is 106. The molecule has 0 saturated heterocycles. The van der Waals surface area contributed by atoms with Gasteiger partial charge >= 0.3 is 0 Å². The zero-order valence-corrected chi connectivity index (χ0v) is 4.89. The Morgan fingerprint density at radius 2 is 1.67 bits per heavy atom. The van der Waals surface area contributed by atoms with Crippen LogP contribution >= 0.6 is 0 Å². The van der Waals surface area contributed by atoms with Crippen LogP contribution in [0.15, 0.2) is 0 Å². The van der Waals surface area contributed by atoms with Gasteiger partial charge in [-0.3, -0.25) is 0 Å². The van der Waals surface area contributed by atoms with Crippen molar-refractivity contribution in [2.45, 2.75) is 25.2 Å². The monoisotopic (exact) mass is 134 g/mol. The van der Waals surface area contributed by atoms with E-state index in [2.05, 4.69) is 0 Å². The minimum atomic E-state index is -1.40. The van der Waals surface area contributed by atoms with Crippen molar-refractivity contribution in [3.05, 3.63) is 0 Å². The molecule has 0 N–H and O–H groups in total. The Morgan fingerprint density at radius 1 is 1.22 bits per heavy atom. The van der Waals surface area contributed by atoms with Crippen LogP contribution in [0.4, 0.5) is 8.78 Å². The number of carbonyl (C=O) groups is 1. The Morgan fingerprint density at radius 3 is 1.89 bits per heavy atom. The Labute approximate surface area is 52.1 Å². The maximum atomic E-state index is 12.2. The van der Waals surface area contributed by atoms with Gasteiger partial charge in [0, 0.05) is 5.92 Å². The molecule has 0 heterocycles. The number of halogens is 2. The number of aldehydes is 1. The van der Waals surface area contributed by atoms with Gasteiger partial charge in [0.15, 0.2) is 0 Å². The molecule has 1 saturated carbocycles. The molecule has 0 aromatic heterocycles. The van der Waals surface area contributed by atoms with E-state index in [1.54, 1.807) is 0 Å². The summed E-state index contributed by atoms with van der Waals surface area (Å²) in [6, 6.07) is 0. The van der Waals surface area contributed by atoms with E-state index >= 15 is 0 Å². The van der Waals surface area contributed by atoms with E-state index in [0.717, 1.165) is 0 Å². The molecule has 1 aliphatic carbocycles. The van der Waals surface area contributed by atoms with Gasteiger partial charge in [0.25, 0.3) is 0 Å². The first kappa shape index (κ1) is 6.65. The van der Waals surface area contributed by atoms with Crippen LogP contribution < -0.4 is 0 Å². The smallest absolute Gasteiger partial charge is 0.132 e. The fourth-order valence-corrected chi connectivity index (χ4v) is 1.08. The van der Waals surface area contributed by atoms with E-state index in [1.165, 1.54) is 0 Å². The summed E-state index contributed by atoms with van der Waals surface area (Å²) in [4.78, 5) is 9.96. The lowest BCUT2D eigenvalue weighted by molar-refractivity contribution is -0.111. The van der Waals surface area contributed by atoms with Crippen LogP contribution in [0.3, 0.4) is 0 Å². The molecule has 3 atom stereocenters. The summed E-state index contributed by atoms with van der Waals surface area (Å²) < 4.78 is 24.4. The summed E-state index contributed by atoms with van der Waals surface area (Å²) in [5, 5.41) is 0. The number of carbonyl (C=O) groups excluding carboxylic acids is 1. The molecule has 0 amide bonds. The predicted octanol–water partition coefficient (Wildman–Crippen LogP) is 1.27. The Balaban J connectivity index is 2.43. The largest absolute Gasteiger partial charge is 0.303 e. The first-order chi connectivity index (χ1) is 4.24. The highest BCUT2D eigenvalue weighted by Crippen LogP contribution is 2.28. The highest BCUT2D eigenvalue weighted by molar-refractivity contribution is 5.54. The summed E-state index contributed by atoms with van der Waals surface area (Å²) >= 11 is 0. The topological polar surface area (TPSA) is 17.1 Å². The van der Waals surface area contributed by atoms with Crippen LogP contribution in [0, 0.1) is 5.92 Å². The van der Waals surface area contributed by atoms with Gasteiger partial charge in [-0.25, -0.2) is 8.78 Å². The van der Waals surface area contributed by atoms with Gasteiger partial charge in [0.2, 0.25) is 0 Å². The van der Waals surface area contributed by atoms with Crippen LogP contribution in [-0.4, -0.2) is 18.6 Å². The van der Waals surface area contributed by atoms with Crippen LogP contribution in [0.1, 0.15) is 12.8 Å². The average Bonchev–Trinajstić information content (AvgIpc) is 2.13. The summed E-state index contributed by atoms with van der Waals surface area (Å²) in [5.74, 6) is -0.380. The van der Waals surface area contributed by atoms with Gasteiger partial charge in [-0.1, -0.05) is 0 Å². The van der Waals surface area contributed by atoms with Crippen molar-refractivity contribution in [3.63, 3.8) is 0 Å². The van der Waals surface area contributed by atoms with E-state index in [-0.39, 0.29) is 18.8 Å². The molecule has 1 aliphatic rings. The summed E-state index contributed by atoms with van der Waals surface area (Å²) in [5.41, 5.74) is 0. The lowest BCUT2D eigenvalue weighted by atomic mass is 10.1. The Kier molecular flexibility index (Phi) is 1.78. The van der Waals surface area contributed by atoms with Gasteiger partial charge in [-0.05, 0) is 12.8 Å². The molecule has 9 heavy (non-hydrogen) atoms. The minimum Gasteiger partial charge on any atom is -0.303 e. The van der Waals surface area contributed by atoms with Crippen molar-refractivity contribution in [3.8, 4) is 0 Å². The van der Waals surface area contributed by atoms with Gasteiger partial charge < -0.3 is 4.79 Å². The molecule has 1 nitrogen and oxygen atoms in total. The molecule has 0 aromatic rings. The van der Waals surface area contributed by atoms with E-state index in [9.17, 15) is 13.6 Å². The van der Waals surface area contributed by atoms with E-state index in [0.29, 0.717) is 6.29 Å². The molecule has 0 spiro atoms. The third-order valence-electron chi connectivity index (χ3n) is 1.64. The zero-order chi connectivity index (χ0) is 6.85. The van der Waals surface area contributed by atoms with E-state index in [4.69, 9.17) is 0 Å². The molecule has 0 bridgehead atoms. The van der Waals surface area contributed by atoms with Crippen molar-refractivity contribution >= 4 is 6.29 Å². The fourth-order valence-electron chi connectivity index (χ4n) is 1.08. The summed E-state index contributed by atoms with van der Waals surface area (Å²) in [6.45, 7) is 0. The average molecular weight is 134 g/mol. The molecule has 0 aromatic carbocycles. The molecule has 0 aliphatic heterocycles. The van der Waals surface area contributed by atoms with Crippen molar-refractivity contribution in [2.75, 3.05) is 0 Å². The molecule has 1 rings (SSSR count). The van der Waals surface area contributed by atoms with Crippen molar-refractivity contribution in [2.24, 2.45) is 5.92 Å². The number of hydrogen-bond acceptors (Lipinski definition) is 1. The maximum Gasteiger partial charge on any atom is 0.132 e. The summed E-state index contributed by atoms with van der Waals surface area (Å²) in [7, 11) is 0. The van der Waals surface area contributed by atoms with E-state index < -0.39 is 12.3 Å². The van der Waals surface area contributed by atoms with E-state index in [1.807, 2.05) is 0 Å².